The van der Waals surface area contributed by atoms with E-state index in [1.165, 1.54) is 4.31 Å². The zero-order chi connectivity index (χ0) is 15.2. The second kappa shape index (κ2) is 5.10. The number of amides is 1. The molecule has 1 fully saturated rings. The smallest absolute Gasteiger partial charge is 0.228 e. The number of anilines is 1. The Morgan fingerprint density at radius 1 is 1.43 bits per heavy atom. The van der Waals surface area contributed by atoms with Crippen molar-refractivity contribution in [2.75, 3.05) is 17.6 Å². The van der Waals surface area contributed by atoms with Gasteiger partial charge in [0.15, 0.2) is 5.82 Å². The number of fused-ring (bicyclic) bond motifs is 1. The third-order valence-corrected chi connectivity index (χ3v) is 5.98. The fourth-order valence-corrected chi connectivity index (χ4v) is 3.71. The van der Waals surface area contributed by atoms with Crippen LogP contribution in [0.5, 0.6) is 0 Å². The van der Waals surface area contributed by atoms with Crippen molar-refractivity contribution in [2.45, 2.75) is 32.7 Å². The van der Waals surface area contributed by atoms with Gasteiger partial charge in [-0.05, 0) is 19.8 Å². The number of aryl methyl sites for hydroxylation is 1. The van der Waals surface area contributed by atoms with Gasteiger partial charge in [0.2, 0.25) is 15.9 Å². The Hall–Kier alpha value is -1.41. The van der Waals surface area contributed by atoms with E-state index in [1.807, 2.05) is 7.05 Å². The van der Waals surface area contributed by atoms with Crippen molar-refractivity contribution in [3.05, 3.63) is 11.3 Å². The molecule has 1 aliphatic carbocycles. The van der Waals surface area contributed by atoms with Crippen molar-refractivity contribution >= 4 is 21.7 Å². The van der Waals surface area contributed by atoms with Gasteiger partial charge in [-0.2, -0.15) is 9.40 Å². The van der Waals surface area contributed by atoms with Gasteiger partial charge in [0.25, 0.3) is 0 Å². The average Bonchev–Trinajstić information content (AvgIpc) is 3.26. The minimum Gasteiger partial charge on any atom is -0.309 e. The summed E-state index contributed by atoms with van der Waals surface area (Å²) in [5.74, 6) is 0.695. The molecule has 7 nitrogen and oxygen atoms in total. The normalized spacial score (nSPS) is 19.3. The van der Waals surface area contributed by atoms with E-state index >= 15 is 0 Å². The molecule has 1 aromatic heterocycles. The Balaban J connectivity index is 1.87. The Morgan fingerprint density at radius 2 is 2.14 bits per heavy atom. The van der Waals surface area contributed by atoms with E-state index in [4.69, 9.17) is 0 Å². The maximum absolute atomic E-state index is 12.0. The van der Waals surface area contributed by atoms with Gasteiger partial charge < -0.3 is 5.32 Å². The first kappa shape index (κ1) is 14.5. The summed E-state index contributed by atoms with van der Waals surface area (Å²) in [6.07, 6.45) is 2.48. The number of hydrogen-bond donors (Lipinski definition) is 1. The van der Waals surface area contributed by atoms with Crippen LogP contribution < -0.4 is 5.32 Å². The van der Waals surface area contributed by atoms with Crippen LogP contribution in [0.25, 0.3) is 0 Å². The molecule has 0 spiro atoms. The van der Waals surface area contributed by atoms with E-state index in [0.29, 0.717) is 25.3 Å². The van der Waals surface area contributed by atoms with Crippen molar-refractivity contribution in [3.8, 4) is 0 Å². The first-order valence-corrected chi connectivity index (χ1v) is 8.86. The molecular weight excluding hydrogens is 292 g/mol. The number of carbonyl (C=O) groups is 1. The molecule has 21 heavy (non-hydrogen) atoms. The largest absolute Gasteiger partial charge is 0.309 e. The van der Waals surface area contributed by atoms with E-state index in [1.54, 1.807) is 11.6 Å². The number of nitrogens with one attached hydrogen (secondary N) is 1. The highest BCUT2D eigenvalue weighted by atomic mass is 32.2. The fraction of sp³-hybridized carbons (Fsp3) is 0.692. The quantitative estimate of drug-likeness (QED) is 0.876. The molecule has 0 radical (unpaired) electrons. The van der Waals surface area contributed by atoms with Gasteiger partial charge in [-0.25, -0.2) is 8.42 Å². The zero-order valence-corrected chi connectivity index (χ0v) is 13.1. The molecule has 1 N–H and O–H groups in total. The van der Waals surface area contributed by atoms with Gasteiger partial charge in [-0.1, -0.05) is 0 Å². The summed E-state index contributed by atoms with van der Waals surface area (Å²) in [4.78, 5) is 11.9. The summed E-state index contributed by atoms with van der Waals surface area (Å²) in [6, 6.07) is 0. The van der Waals surface area contributed by atoms with Crippen LogP contribution in [0.3, 0.4) is 0 Å². The molecule has 3 rings (SSSR count). The summed E-state index contributed by atoms with van der Waals surface area (Å²) < 4.78 is 27.3. The Labute approximate surface area is 124 Å². The van der Waals surface area contributed by atoms with Crippen LogP contribution in [0.1, 0.15) is 31.0 Å². The van der Waals surface area contributed by atoms with E-state index in [-0.39, 0.29) is 17.6 Å². The maximum atomic E-state index is 12.0. The van der Waals surface area contributed by atoms with E-state index in [9.17, 15) is 13.2 Å². The first-order chi connectivity index (χ1) is 9.92. The number of rotatable bonds is 4. The first-order valence-electron chi connectivity index (χ1n) is 7.25. The number of carbonyl (C=O) groups excluding carboxylic acids is 1. The second-order valence-corrected chi connectivity index (χ2v) is 7.90. The van der Waals surface area contributed by atoms with Gasteiger partial charge in [0, 0.05) is 43.7 Å². The van der Waals surface area contributed by atoms with Gasteiger partial charge in [-0.15, -0.1) is 0 Å². The van der Waals surface area contributed by atoms with E-state index in [2.05, 4.69) is 10.4 Å². The standard InChI is InChI=1S/C13H20N4O3S/c1-3-21(19,20)17-7-6-11-10(8-17)12(15-16(11)2)14-13(18)9-4-5-9/h9H,3-8H2,1-2H3,(H,14,15,18). The van der Waals surface area contributed by atoms with Crippen molar-refractivity contribution in [2.24, 2.45) is 13.0 Å². The topological polar surface area (TPSA) is 84.3 Å². The molecule has 2 heterocycles. The van der Waals surface area contributed by atoms with Crippen molar-refractivity contribution in [1.82, 2.24) is 14.1 Å². The highest BCUT2D eigenvalue weighted by Crippen LogP contribution is 2.32. The SMILES string of the molecule is CCS(=O)(=O)N1CCc2c(c(NC(=O)C3CC3)nn2C)C1. The van der Waals surface area contributed by atoms with Gasteiger partial charge in [0.05, 0.1) is 5.75 Å². The lowest BCUT2D eigenvalue weighted by molar-refractivity contribution is -0.117. The lowest BCUT2D eigenvalue weighted by Gasteiger charge is -2.26. The molecule has 0 atom stereocenters. The maximum Gasteiger partial charge on any atom is 0.228 e. The molecule has 116 valence electrons. The third kappa shape index (κ3) is 2.69. The van der Waals surface area contributed by atoms with Gasteiger partial charge in [0.1, 0.15) is 0 Å². The molecule has 8 heteroatoms. The van der Waals surface area contributed by atoms with E-state index in [0.717, 1.165) is 24.1 Å². The summed E-state index contributed by atoms with van der Waals surface area (Å²) in [7, 11) is -1.39. The van der Waals surface area contributed by atoms with Crippen molar-refractivity contribution in [1.29, 1.82) is 0 Å². The van der Waals surface area contributed by atoms with Crippen LogP contribution in [0.4, 0.5) is 5.82 Å². The number of nitrogens with zero attached hydrogens (tertiary/aromatic N) is 3. The number of aromatic nitrogens is 2. The summed E-state index contributed by atoms with van der Waals surface area (Å²) in [6.45, 7) is 2.40. The van der Waals surface area contributed by atoms with Crippen LogP contribution >= 0.6 is 0 Å². The summed E-state index contributed by atoms with van der Waals surface area (Å²) in [5, 5.41) is 7.20. The van der Waals surface area contributed by atoms with Crippen molar-refractivity contribution < 1.29 is 13.2 Å². The molecule has 1 saturated carbocycles. The van der Waals surface area contributed by atoms with Crippen molar-refractivity contribution in [3.63, 3.8) is 0 Å². The molecule has 1 amide bonds. The molecule has 0 saturated heterocycles. The predicted octanol–water partition coefficient (Wildman–Crippen LogP) is 0.476. The number of hydrogen-bond acceptors (Lipinski definition) is 4. The van der Waals surface area contributed by atoms with Crippen LogP contribution in [0.2, 0.25) is 0 Å². The summed E-state index contributed by atoms with van der Waals surface area (Å²) >= 11 is 0. The zero-order valence-electron chi connectivity index (χ0n) is 12.3. The monoisotopic (exact) mass is 312 g/mol. The lowest BCUT2D eigenvalue weighted by Crippen LogP contribution is -2.37. The Bertz CT molecular complexity index is 676. The predicted molar refractivity (Wildman–Crippen MR) is 78.1 cm³/mol. The van der Waals surface area contributed by atoms with Crippen LogP contribution in [0.15, 0.2) is 0 Å². The van der Waals surface area contributed by atoms with Crippen LogP contribution in [-0.4, -0.2) is 40.7 Å². The summed E-state index contributed by atoms with van der Waals surface area (Å²) in [5.41, 5.74) is 1.83. The molecule has 1 aromatic rings. The molecule has 1 aliphatic heterocycles. The second-order valence-electron chi connectivity index (χ2n) is 5.65. The molecule has 0 bridgehead atoms. The third-order valence-electron chi connectivity index (χ3n) is 4.16. The minimum atomic E-state index is -3.22. The van der Waals surface area contributed by atoms with Crippen LogP contribution in [-0.2, 0) is 34.8 Å². The van der Waals surface area contributed by atoms with Gasteiger partial charge in [-0.3, -0.25) is 9.48 Å². The average molecular weight is 312 g/mol. The van der Waals surface area contributed by atoms with E-state index < -0.39 is 10.0 Å². The molecule has 0 aromatic carbocycles. The minimum absolute atomic E-state index is 0.00799. The molecular formula is C13H20N4O3S. The Morgan fingerprint density at radius 3 is 2.76 bits per heavy atom. The highest BCUT2D eigenvalue weighted by Gasteiger charge is 2.33. The van der Waals surface area contributed by atoms with Crippen LogP contribution in [0, 0.1) is 5.92 Å². The molecule has 2 aliphatic rings. The van der Waals surface area contributed by atoms with Gasteiger partial charge >= 0.3 is 0 Å². The lowest BCUT2D eigenvalue weighted by atomic mass is 10.1. The molecule has 0 unspecified atom stereocenters. The number of sulfonamides is 1. The highest BCUT2D eigenvalue weighted by molar-refractivity contribution is 7.89. The Kier molecular flexibility index (Phi) is 3.53. The fourth-order valence-electron chi connectivity index (χ4n) is 2.65.